The first-order valence-corrected chi connectivity index (χ1v) is 9.67. The third-order valence-electron chi connectivity index (χ3n) is 6.14. The van der Waals surface area contributed by atoms with Crippen molar-refractivity contribution in [3.05, 3.63) is 64.4 Å². The largest absolute Gasteiger partial charge is 1.00 e. The molecule has 24 heavy (non-hydrogen) atoms. The number of hydrogen-bond donors (Lipinski definition) is 0. The van der Waals surface area contributed by atoms with Crippen LogP contribution in [0.2, 0.25) is 0 Å². The molecule has 2 aromatic rings. The smallest absolute Gasteiger partial charge is 0.0896 e. The van der Waals surface area contributed by atoms with Crippen LogP contribution in [0.3, 0.4) is 0 Å². The molecule has 2 fully saturated rings. The molecule has 128 valence electrons. The number of allylic oxidation sites excluding steroid dienone is 1. The van der Waals surface area contributed by atoms with Gasteiger partial charge in [-0.05, 0) is 28.5 Å². The summed E-state index contributed by atoms with van der Waals surface area (Å²) >= 11 is 1.86. The van der Waals surface area contributed by atoms with E-state index in [0.717, 1.165) is 18.0 Å². The Morgan fingerprint density at radius 2 is 1.67 bits per heavy atom. The minimum absolute atomic E-state index is 0. The van der Waals surface area contributed by atoms with E-state index in [0.29, 0.717) is 0 Å². The summed E-state index contributed by atoms with van der Waals surface area (Å²) in [6, 6.07) is 17.1. The Labute approximate surface area is 160 Å². The van der Waals surface area contributed by atoms with Crippen molar-refractivity contribution < 1.29 is 21.5 Å². The van der Waals surface area contributed by atoms with E-state index in [1.165, 1.54) is 46.2 Å². The molecule has 0 radical (unpaired) electrons. The van der Waals surface area contributed by atoms with Crippen molar-refractivity contribution in [2.24, 2.45) is 5.92 Å². The maximum atomic E-state index is 2.59. The number of halogens is 1. The highest BCUT2D eigenvalue weighted by Crippen LogP contribution is 2.43. The zero-order valence-corrected chi connectivity index (χ0v) is 16.9. The number of fused-ring (bicyclic) bond motifs is 2. The number of hydrogen-bond acceptors (Lipinski definition) is 1. The zero-order valence-electron chi connectivity index (χ0n) is 14.5. The average Bonchev–Trinajstić information content (AvgIpc) is 3.09. The van der Waals surface area contributed by atoms with Crippen LogP contribution in [0.5, 0.6) is 0 Å². The van der Waals surface area contributed by atoms with E-state index in [2.05, 4.69) is 68.0 Å². The molecule has 2 unspecified atom stereocenters. The van der Waals surface area contributed by atoms with Crippen LogP contribution in [-0.2, 0) is 0 Å². The highest BCUT2D eigenvalue weighted by atomic mass is 79.9. The van der Waals surface area contributed by atoms with Crippen LogP contribution < -0.4 is 17.0 Å². The van der Waals surface area contributed by atoms with Gasteiger partial charge in [0.05, 0.1) is 26.2 Å². The molecule has 4 rings (SSSR count). The predicted molar refractivity (Wildman–Crippen MR) is 99.5 cm³/mol. The van der Waals surface area contributed by atoms with Gasteiger partial charge in [-0.25, -0.2) is 0 Å². The highest BCUT2D eigenvalue weighted by Gasteiger charge is 2.48. The number of rotatable bonds is 3. The summed E-state index contributed by atoms with van der Waals surface area (Å²) in [4.78, 5) is 1.41. The Bertz CT molecular complexity index is 674. The van der Waals surface area contributed by atoms with Crippen molar-refractivity contribution in [2.75, 3.05) is 14.1 Å². The monoisotopic (exact) mass is 403 g/mol. The first-order valence-electron chi connectivity index (χ1n) is 8.79. The Kier molecular flexibility index (Phi) is 5.33. The third-order valence-corrected chi connectivity index (χ3v) is 7.04. The SMILES string of the molecule is C[N+]1(C)C2CCC1CC(C=C(c1ccccc1)c1cccs1)C2.[Br-]. The molecule has 3 heteroatoms. The lowest BCUT2D eigenvalue weighted by Gasteiger charge is -2.43. The number of benzene rings is 1. The van der Waals surface area contributed by atoms with Gasteiger partial charge >= 0.3 is 0 Å². The lowest BCUT2D eigenvalue weighted by molar-refractivity contribution is -0.931. The summed E-state index contributed by atoms with van der Waals surface area (Å²) in [6.07, 6.45) is 8.13. The number of quaternary nitrogens is 1. The molecule has 1 aromatic carbocycles. The molecule has 1 nitrogen and oxygen atoms in total. The van der Waals surface area contributed by atoms with E-state index in [4.69, 9.17) is 0 Å². The third kappa shape index (κ3) is 3.26. The first kappa shape index (κ1) is 17.9. The molecule has 2 aliphatic heterocycles. The second-order valence-corrected chi connectivity index (χ2v) is 8.62. The van der Waals surface area contributed by atoms with Crippen molar-refractivity contribution in [1.29, 1.82) is 0 Å². The van der Waals surface area contributed by atoms with Gasteiger partial charge in [-0.15, -0.1) is 11.3 Å². The molecule has 0 spiro atoms. The number of nitrogens with zero attached hydrogens (tertiary/aromatic N) is 1. The van der Waals surface area contributed by atoms with Crippen molar-refractivity contribution in [1.82, 2.24) is 0 Å². The molecular weight excluding hydrogens is 378 g/mol. The van der Waals surface area contributed by atoms with Gasteiger partial charge in [-0.2, -0.15) is 0 Å². The van der Waals surface area contributed by atoms with Crippen molar-refractivity contribution in [3.8, 4) is 0 Å². The first-order chi connectivity index (χ1) is 11.1. The van der Waals surface area contributed by atoms with Crippen molar-refractivity contribution in [3.63, 3.8) is 0 Å². The predicted octanol–water partition coefficient (Wildman–Crippen LogP) is 2.20. The van der Waals surface area contributed by atoms with Crippen molar-refractivity contribution in [2.45, 2.75) is 37.8 Å². The minimum atomic E-state index is 0. The molecular formula is C21H26BrNS. The maximum absolute atomic E-state index is 2.59. The summed E-state index contributed by atoms with van der Waals surface area (Å²) in [5.41, 5.74) is 2.80. The van der Waals surface area contributed by atoms with E-state index >= 15 is 0 Å². The standard InChI is InChI=1S/C21H26NS.BrH/c1-22(2)18-10-11-19(22)14-16(13-18)15-20(21-9-6-12-23-21)17-7-4-3-5-8-17;/h3-9,12,15-16,18-19H,10-11,13-14H2,1-2H3;1H/q+1;/p-1. The summed E-state index contributed by atoms with van der Waals surface area (Å²) < 4.78 is 1.25. The van der Waals surface area contributed by atoms with Crippen LogP contribution in [0.1, 0.15) is 36.1 Å². The lowest BCUT2D eigenvalue weighted by Crippen LogP contribution is -3.00. The van der Waals surface area contributed by atoms with E-state index in [1.54, 1.807) is 0 Å². The molecule has 0 aliphatic carbocycles. The van der Waals surface area contributed by atoms with Gasteiger partial charge in [0, 0.05) is 30.6 Å². The lowest BCUT2D eigenvalue weighted by atomic mass is 9.86. The highest BCUT2D eigenvalue weighted by molar-refractivity contribution is 7.11. The molecule has 0 N–H and O–H groups in total. The van der Waals surface area contributed by atoms with Gasteiger partial charge in [-0.1, -0.05) is 42.5 Å². The van der Waals surface area contributed by atoms with Crippen LogP contribution in [0, 0.1) is 5.92 Å². The fourth-order valence-corrected chi connectivity index (χ4v) is 5.44. The molecule has 2 saturated heterocycles. The molecule has 2 atom stereocenters. The molecule has 0 amide bonds. The Morgan fingerprint density at radius 1 is 1.00 bits per heavy atom. The quantitative estimate of drug-likeness (QED) is 0.689. The fourth-order valence-electron chi connectivity index (χ4n) is 4.66. The Morgan fingerprint density at radius 3 is 2.25 bits per heavy atom. The van der Waals surface area contributed by atoms with Gasteiger partial charge in [0.1, 0.15) is 0 Å². The van der Waals surface area contributed by atoms with Crippen LogP contribution in [0.4, 0.5) is 0 Å². The van der Waals surface area contributed by atoms with E-state index in [9.17, 15) is 0 Å². The van der Waals surface area contributed by atoms with Crippen LogP contribution >= 0.6 is 11.3 Å². The molecule has 2 aliphatic rings. The van der Waals surface area contributed by atoms with Gasteiger partial charge in [-0.3, -0.25) is 0 Å². The maximum Gasteiger partial charge on any atom is 0.0896 e. The molecule has 3 heterocycles. The fraction of sp³-hybridized carbons (Fsp3) is 0.429. The van der Waals surface area contributed by atoms with Crippen LogP contribution in [0.25, 0.3) is 5.57 Å². The molecule has 1 aromatic heterocycles. The second-order valence-electron chi connectivity index (χ2n) is 7.67. The molecule has 0 saturated carbocycles. The van der Waals surface area contributed by atoms with E-state index in [1.807, 2.05) is 11.3 Å². The van der Waals surface area contributed by atoms with Gasteiger partial charge in [0.2, 0.25) is 0 Å². The van der Waals surface area contributed by atoms with Crippen molar-refractivity contribution >= 4 is 16.9 Å². The Balaban J connectivity index is 0.00000169. The van der Waals surface area contributed by atoms with Crippen LogP contribution in [0.15, 0.2) is 53.9 Å². The van der Waals surface area contributed by atoms with E-state index in [-0.39, 0.29) is 17.0 Å². The Hall–Kier alpha value is -0.900. The topological polar surface area (TPSA) is 0 Å². The zero-order chi connectivity index (χ0) is 15.9. The average molecular weight is 404 g/mol. The normalized spacial score (nSPS) is 28.4. The summed E-state index contributed by atoms with van der Waals surface area (Å²) in [5, 5.41) is 2.19. The van der Waals surface area contributed by atoms with Gasteiger partial charge in [0.15, 0.2) is 0 Å². The number of thiophene rings is 1. The summed E-state index contributed by atoms with van der Waals surface area (Å²) in [5.74, 6) is 0.732. The number of piperidine rings is 1. The van der Waals surface area contributed by atoms with Crippen LogP contribution in [-0.4, -0.2) is 30.7 Å². The summed E-state index contributed by atoms with van der Waals surface area (Å²) in [7, 11) is 4.89. The van der Waals surface area contributed by atoms with Gasteiger partial charge < -0.3 is 21.5 Å². The summed E-state index contributed by atoms with van der Waals surface area (Å²) in [6.45, 7) is 0. The van der Waals surface area contributed by atoms with E-state index < -0.39 is 0 Å². The minimum Gasteiger partial charge on any atom is -1.00 e. The van der Waals surface area contributed by atoms with Gasteiger partial charge in [0.25, 0.3) is 0 Å². The molecule has 2 bridgehead atoms. The second kappa shape index (κ2) is 7.15.